The van der Waals surface area contributed by atoms with Crippen molar-refractivity contribution < 1.29 is 23.9 Å². The van der Waals surface area contributed by atoms with Crippen molar-refractivity contribution in [3.8, 4) is 11.8 Å². The number of ether oxygens (including phenoxy) is 2. The first-order valence-electron chi connectivity index (χ1n) is 15.3. The third-order valence-corrected chi connectivity index (χ3v) is 10.6. The van der Waals surface area contributed by atoms with Crippen LogP contribution >= 0.6 is 22.9 Å². The van der Waals surface area contributed by atoms with Gasteiger partial charge in [0.15, 0.2) is 29.2 Å². The predicted octanol–water partition coefficient (Wildman–Crippen LogP) is 1.86. The molecule has 3 aromatic rings. The summed E-state index contributed by atoms with van der Waals surface area (Å²) in [4.78, 5) is 55.1. The lowest BCUT2D eigenvalue weighted by Gasteiger charge is -2.29. The quantitative estimate of drug-likeness (QED) is 0.182. The molecule has 244 valence electrons. The van der Waals surface area contributed by atoms with Crippen molar-refractivity contribution in [1.82, 2.24) is 24.8 Å². The third kappa shape index (κ3) is 4.58. The molecule has 3 aromatic heterocycles. The van der Waals surface area contributed by atoms with Crippen molar-refractivity contribution in [2.45, 2.75) is 64.4 Å². The second kappa shape index (κ2) is 11.5. The zero-order valence-electron chi connectivity index (χ0n) is 26.3. The molecule has 6 atom stereocenters. The molecule has 4 aliphatic rings. The van der Waals surface area contributed by atoms with Crippen LogP contribution in [0.25, 0.3) is 11.2 Å². The first kappa shape index (κ1) is 32.2. The van der Waals surface area contributed by atoms with Crippen LogP contribution in [0.5, 0.6) is 0 Å². The van der Waals surface area contributed by atoms with Gasteiger partial charge in [-0.2, -0.15) is 0 Å². The van der Waals surface area contributed by atoms with Gasteiger partial charge in [0.1, 0.15) is 17.5 Å². The first-order valence-corrected chi connectivity index (χ1v) is 16.5. The summed E-state index contributed by atoms with van der Waals surface area (Å²) in [6.45, 7) is 9.71. The summed E-state index contributed by atoms with van der Waals surface area (Å²) in [5.74, 6) is 4.01. The van der Waals surface area contributed by atoms with E-state index in [0.29, 0.717) is 27.9 Å². The zero-order valence-corrected chi connectivity index (χ0v) is 27.9. The Bertz CT molecular complexity index is 1780. The molecular formula is C31H37ClN8O5S. The number of amides is 1. The highest BCUT2D eigenvalue weighted by Gasteiger charge is 3.07. The molecule has 2 bridgehead atoms. The van der Waals surface area contributed by atoms with E-state index in [4.69, 9.17) is 37.5 Å². The van der Waals surface area contributed by atoms with E-state index in [1.165, 1.54) is 18.4 Å². The number of imidazole rings is 1. The van der Waals surface area contributed by atoms with Crippen LogP contribution in [-0.2, 0) is 29.4 Å². The van der Waals surface area contributed by atoms with Crippen LogP contribution in [0.1, 0.15) is 45.3 Å². The van der Waals surface area contributed by atoms with Crippen LogP contribution in [0.2, 0.25) is 4.34 Å². The van der Waals surface area contributed by atoms with Gasteiger partial charge >= 0.3 is 11.9 Å². The predicted molar refractivity (Wildman–Crippen MR) is 172 cm³/mol. The SMILES string of the molecule is CCNc1nc(C#Cc2ccc(Cl)s2)nc2c1ncn2C12C(OC(=O)C(N)C(C)C)C(OC(=O)C(N)C(C)C)C3(C(=O)NC)C1C32. The standard InChI is InChI=1S/C31H37ClN8O5S/c1-7-36-25-20-26(39-17(38-25)11-9-15-8-10-16(32)46-15)40(12-37-20)31-21-22(31)30(21,29(43)35-6)23(44-27(41)18(33)13(2)3)24(31)45-28(42)19(34)14(4)5/h8,10,12-14,18-19,21-24H,7,33-34H2,1-6H3,(H,35,43)(H,36,38,39). The van der Waals surface area contributed by atoms with Crippen molar-refractivity contribution in [3.05, 3.63) is 33.5 Å². The van der Waals surface area contributed by atoms with Gasteiger partial charge in [0.25, 0.3) is 0 Å². The molecule has 0 spiro atoms. The number of hydrogen-bond acceptors (Lipinski definition) is 12. The average Bonchev–Trinajstić information content (AvgIpc) is 3.65. The van der Waals surface area contributed by atoms with Crippen LogP contribution in [0.15, 0.2) is 18.5 Å². The molecule has 7 rings (SSSR count). The lowest BCUT2D eigenvalue weighted by molar-refractivity contribution is -0.173. The fraction of sp³-hybridized carbons (Fsp3) is 0.548. The maximum absolute atomic E-state index is 13.6. The van der Waals surface area contributed by atoms with Gasteiger partial charge in [-0.05, 0) is 42.7 Å². The van der Waals surface area contributed by atoms with Crippen molar-refractivity contribution in [1.29, 1.82) is 0 Å². The fourth-order valence-corrected chi connectivity index (χ4v) is 7.93. The second-order valence-corrected chi connectivity index (χ2v) is 14.4. The highest BCUT2D eigenvalue weighted by Crippen LogP contribution is 2.95. The maximum atomic E-state index is 13.6. The number of fused-ring (bicyclic) bond motifs is 2. The smallest absolute Gasteiger partial charge is 0.323 e. The van der Waals surface area contributed by atoms with Crippen molar-refractivity contribution in [3.63, 3.8) is 0 Å². The third-order valence-electron chi connectivity index (χ3n) is 9.46. The minimum atomic E-state index is -1.12. The minimum Gasteiger partial charge on any atom is -0.456 e. The molecule has 6 unspecified atom stereocenters. The molecule has 4 aliphatic carbocycles. The molecule has 15 heteroatoms. The summed E-state index contributed by atoms with van der Waals surface area (Å²) < 4.78 is 14.6. The molecule has 0 aromatic carbocycles. The number of rotatable bonds is 10. The number of nitrogens with one attached hydrogen (secondary N) is 2. The molecule has 0 saturated heterocycles. The Hall–Kier alpha value is -3.77. The number of hydrogen-bond donors (Lipinski definition) is 4. The van der Waals surface area contributed by atoms with Gasteiger partial charge in [-0.15, -0.1) is 11.3 Å². The van der Waals surface area contributed by atoms with E-state index in [1.54, 1.807) is 26.2 Å². The van der Waals surface area contributed by atoms with Gasteiger partial charge in [-0.1, -0.05) is 39.3 Å². The summed E-state index contributed by atoms with van der Waals surface area (Å²) in [5.41, 5.74) is 11.2. The summed E-state index contributed by atoms with van der Waals surface area (Å²) in [5, 5.41) is 5.96. The Labute approximate surface area is 275 Å². The van der Waals surface area contributed by atoms with E-state index in [0.717, 1.165) is 4.88 Å². The summed E-state index contributed by atoms with van der Waals surface area (Å²) in [7, 11) is 1.53. The number of carbonyl (C=O) groups excluding carboxylic acids is 3. The van der Waals surface area contributed by atoms with Gasteiger partial charge in [0, 0.05) is 25.4 Å². The van der Waals surface area contributed by atoms with E-state index in [1.807, 2.05) is 31.4 Å². The molecule has 13 nitrogen and oxygen atoms in total. The Kier molecular flexibility index (Phi) is 8.03. The molecule has 1 amide bonds. The Morgan fingerprint density at radius 2 is 1.67 bits per heavy atom. The fourth-order valence-electron chi connectivity index (χ4n) is 7.03. The van der Waals surface area contributed by atoms with E-state index in [-0.39, 0.29) is 35.4 Å². The first-order chi connectivity index (χ1) is 21.8. The number of nitrogens with zero attached hydrogens (tertiary/aromatic N) is 4. The van der Waals surface area contributed by atoms with Crippen molar-refractivity contribution >= 4 is 57.8 Å². The topological polar surface area (TPSA) is 189 Å². The summed E-state index contributed by atoms with van der Waals surface area (Å²) in [6.07, 6.45) is -0.582. The van der Waals surface area contributed by atoms with Crippen LogP contribution < -0.4 is 22.1 Å². The number of halogens is 1. The highest BCUT2D eigenvalue weighted by molar-refractivity contribution is 7.16. The van der Waals surface area contributed by atoms with Gasteiger partial charge in [-0.3, -0.25) is 14.4 Å². The lowest BCUT2D eigenvalue weighted by atomic mass is 9.91. The van der Waals surface area contributed by atoms with Crippen LogP contribution in [0.3, 0.4) is 0 Å². The van der Waals surface area contributed by atoms with Crippen LogP contribution in [0, 0.1) is 40.9 Å². The van der Waals surface area contributed by atoms with E-state index in [2.05, 4.69) is 32.4 Å². The van der Waals surface area contributed by atoms with Crippen molar-refractivity contribution in [2.75, 3.05) is 18.9 Å². The van der Waals surface area contributed by atoms with Gasteiger partial charge in [-0.25, -0.2) is 15.0 Å². The summed E-state index contributed by atoms with van der Waals surface area (Å²) in [6, 6.07) is 1.70. The van der Waals surface area contributed by atoms with Crippen LogP contribution in [0.4, 0.5) is 5.82 Å². The number of esters is 2. The monoisotopic (exact) mass is 668 g/mol. The maximum Gasteiger partial charge on any atom is 0.323 e. The minimum absolute atomic E-state index is 0.222. The van der Waals surface area contributed by atoms with Gasteiger partial charge < -0.3 is 36.1 Å². The van der Waals surface area contributed by atoms with E-state index < -0.39 is 47.2 Å². The lowest BCUT2D eigenvalue weighted by Crippen LogP contribution is -2.49. The molecule has 0 radical (unpaired) electrons. The molecule has 4 fully saturated rings. The molecule has 4 saturated carbocycles. The van der Waals surface area contributed by atoms with Crippen LogP contribution in [-0.4, -0.2) is 75.2 Å². The Balaban J connectivity index is 1.49. The Morgan fingerprint density at radius 1 is 1.04 bits per heavy atom. The average molecular weight is 669 g/mol. The van der Waals surface area contributed by atoms with Gasteiger partial charge in [0.2, 0.25) is 11.7 Å². The number of thiophene rings is 1. The molecule has 3 heterocycles. The Morgan fingerprint density at radius 3 is 2.22 bits per heavy atom. The van der Waals surface area contributed by atoms with Gasteiger partial charge in [0.05, 0.1) is 21.1 Å². The number of anilines is 1. The normalized spacial score (nSPS) is 28.2. The molecule has 6 N–H and O–H groups in total. The molecular weight excluding hydrogens is 632 g/mol. The zero-order chi connectivity index (χ0) is 33.3. The number of aromatic nitrogens is 4. The molecule has 46 heavy (non-hydrogen) atoms. The van der Waals surface area contributed by atoms with E-state index in [9.17, 15) is 14.4 Å². The summed E-state index contributed by atoms with van der Waals surface area (Å²) >= 11 is 7.42. The second-order valence-electron chi connectivity index (χ2n) is 12.7. The van der Waals surface area contributed by atoms with E-state index >= 15 is 0 Å². The number of nitrogens with two attached hydrogens (primary N) is 2. The van der Waals surface area contributed by atoms with Crippen molar-refractivity contribution in [2.24, 2.45) is 40.6 Å². The highest BCUT2D eigenvalue weighted by atomic mass is 35.5. The molecule has 0 aliphatic heterocycles. The largest absolute Gasteiger partial charge is 0.456 e. The number of carbonyl (C=O) groups is 3.